The second-order valence-corrected chi connectivity index (χ2v) is 7.47. The van der Waals surface area contributed by atoms with E-state index in [1.54, 1.807) is 6.07 Å². The molecule has 2 fully saturated rings. The van der Waals surface area contributed by atoms with Crippen molar-refractivity contribution in [3.05, 3.63) is 35.4 Å². The summed E-state index contributed by atoms with van der Waals surface area (Å²) in [5, 5.41) is 20.2. The smallest absolute Gasteiger partial charge is 0.0991 e. The third-order valence-corrected chi connectivity index (χ3v) is 6.15. The van der Waals surface area contributed by atoms with Crippen LogP contribution in [-0.4, -0.2) is 28.8 Å². The molecule has 0 radical (unpaired) electrons. The highest BCUT2D eigenvalue weighted by atomic mass is 32.2. The molecule has 4 heteroatoms. The Hall–Kier alpha value is -1.02. The van der Waals surface area contributed by atoms with E-state index in [9.17, 15) is 5.11 Å². The monoisotopic (exact) mass is 303 g/mol. The van der Waals surface area contributed by atoms with Crippen molar-refractivity contribution >= 4 is 11.8 Å². The van der Waals surface area contributed by atoms with Crippen LogP contribution in [0, 0.1) is 17.2 Å². The Bertz CT molecular complexity index is 558. The van der Waals surface area contributed by atoms with Crippen molar-refractivity contribution in [1.29, 1.82) is 5.26 Å². The van der Waals surface area contributed by atoms with Gasteiger partial charge in [0.05, 0.1) is 22.8 Å². The molecule has 112 valence electrons. The Kier molecular flexibility index (Phi) is 4.00. The lowest BCUT2D eigenvalue weighted by Gasteiger charge is -2.43. The van der Waals surface area contributed by atoms with Crippen LogP contribution in [0.3, 0.4) is 0 Å². The van der Waals surface area contributed by atoms with Crippen molar-refractivity contribution in [2.24, 2.45) is 5.92 Å². The van der Waals surface area contributed by atoms with E-state index >= 15 is 0 Å². The second kappa shape index (κ2) is 5.64. The van der Waals surface area contributed by atoms with Gasteiger partial charge in [0, 0.05) is 12.4 Å². The number of benzene rings is 1. The molecule has 2 saturated heterocycles. The molecule has 2 aliphatic heterocycles. The minimum absolute atomic E-state index is 0.0373. The number of nitrogens with zero attached hydrogens (tertiary/aromatic N) is 1. The fourth-order valence-corrected chi connectivity index (χ4v) is 4.89. The minimum Gasteiger partial charge on any atom is -0.385 e. The molecule has 3 rings (SSSR count). The van der Waals surface area contributed by atoms with Gasteiger partial charge in [-0.15, -0.1) is 0 Å². The van der Waals surface area contributed by atoms with Crippen LogP contribution in [0.5, 0.6) is 0 Å². The predicted octanol–water partition coefficient (Wildman–Crippen LogP) is 3.07. The molecule has 3 nitrogen and oxygen atoms in total. The number of hydrogen-bond donors (Lipinski definition) is 1. The maximum Gasteiger partial charge on any atom is 0.0991 e. The molecule has 0 saturated carbocycles. The van der Waals surface area contributed by atoms with Gasteiger partial charge in [-0.2, -0.15) is 17.0 Å². The molecular weight excluding hydrogens is 282 g/mol. The molecule has 1 aromatic rings. The first-order valence-corrected chi connectivity index (χ1v) is 8.66. The van der Waals surface area contributed by atoms with Crippen LogP contribution in [0.1, 0.15) is 37.3 Å². The second-order valence-electron chi connectivity index (χ2n) is 6.36. The van der Waals surface area contributed by atoms with E-state index in [0.717, 1.165) is 42.9 Å². The van der Waals surface area contributed by atoms with Crippen molar-refractivity contribution in [3.8, 4) is 6.07 Å². The fourth-order valence-electron chi connectivity index (χ4n) is 3.51. The van der Waals surface area contributed by atoms with Crippen molar-refractivity contribution in [2.75, 3.05) is 18.1 Å². The largest absolute Gasteiger partial charge is 0.385 e. The van der Waals surface area contributed by atoms with E-state index in [-0.39, 0.29) is 11.5 Å². The Morgan fingerprint density at radius 3 is 3.10 bits per heavy atom. The standard InChI is InChI=1S/C17H21NO2S/c1-16(19,14-4-2-3-13(9-14)11-18)15-5-7-20-17(10-15)6-8-21-12-17/h2-4,9,15,19H,5-8,10,12H2,1H3. The normalized spacial score (nSPS) is 31.8. The molecule has 21 heavy (non-hydrogen) atoms. The summed E-state index contributed by atoms with van der Waals surface area (Å²) < 4.78 is 6.05. The molecule has 1 spiro atoms. The molecule has 2 heterocycles. The van der Waals surface area contributed by atoms with Gasteiger partial charge < -0.3 is 9.84 Å². The number of ether oxygens (including phenoxy) is 1. The zero-order valence-electron chi connectivity index (χ0n) is 12.3. The lowest BCUT2D eigenvalue weighted by atomic mass is 9.73. The summed E-state index contributed by atoms with van der Waals surface area (Å²) in [7, 11) is 0. The molecule has 3 unspecified atom stereocenters. The van der Waals surface area contributed by atoms with Gasteiger partial charge >= 0.3 is 0 Å². The molecule has 0 aromatic heterocycles. The third-order valence-electron chi connectivity index (χ3n) is 4.93. The van der Waals surface area contributed by atoms with E-state index in [4.69, 9.17) is 10.00 Å². The fraction of sp³-hybridized carbons (Fsp3) is 0.588. The van der Waals surface area contributed by atoms with E-state index in [1.807, 2.05) is 36.9 Å². The van der Waals surface area contributed by atoms with Crippen LogP contribution >= 0.6 is 11.8 Å². The molecule has 1 aromatic carbocycles. The van der Waals surface area contributed by atoms with Gasteiger partial charge in [-0.3, -0.25) is 0 Å². The van der Waals surface area contributed by atoms with Gasteiger partial charge in [0.2, 0.25) is 0 Å². The molecule has 3 atom stereocenters. The van der Waals surface area contributed by atoms with Gasteiger partial charge in [-0.25, -0.2) is 0 Å². The summed E-state index contributed by atoms with van der Waals surface area (Å²) in [5.74, 6) is 2.37. The summed E-state index contributed by atoms with van der Waals surface area (Å²) in [6, 6.07) is 9.51. The maximum absolute atomic E-state index is 11.1. The highest BCUT2D eigenvalue weighted by Gasteiger charge is 2.46. The summed E-state index contributed by atoms with van der Waals surface area (Å²) in [6.45, 7) is 2.61. The van der Waals surface area contributed by atoms with Gasteiger partial charge in [-0.05, 0) is 55.6 Å². The summed E-state index contributed by atoms with van der Waals surface area (Å²) in [4.78, 5) is 0. The number of rotatable bonds is 2. The Balaban J connectivity index is 1.85. The first kappa shape index (κ1) is 14.9. The molecule has 0 bridgehead atoms. The number of aliphatic hydroxyl groups is 1. The first-order chi connectivity index (χ1) is 10.1. The average molecular weight is 303 g/mol. The molecule has 2 aliphatic rings. The van der Waals surface area contributed by atoms with E-state index in [2.05, 4.69) is 6.07 Å². The molecule has 0 amide bonds. The number of hydrogen-bond acceptors (Lipinski definition) is 4. The SMILES string of the molecule is CC(O)(c1cccc(C#N)c1)C1CCOC2(CCSC2)C1. The first-order valence-electron chi connectivity index (χ1n) is 7.50. The highest BCUT2D eigenvalue weighted by molar-refractivity contribution is 7.99. The zero-order chi connectivity index (χ0) is 14.9. The van der Waals surface area contributed by atoms with Gasteiger partial charge in [-0.1, -0.05) is 12.1 Å². The van der Waals surface area contributed by atoms with Gasteiger partial charge in [0.15, 0.2) is 0 Å². The van der Waals surface area contributed by atoms with E-state index < -0.39 is 5.60 Å². The van der Waals surface area contributed by atoms with Crippen LogP contribution in [0.25, 0.3) is 0 Å². The summed E-state index contributed by atoms with van der Waals surface area (Å²) >= 11 is 1.94. The maximum atomic E-state index is 11.1. The highest BCUT2D eigenvalue weighted by Crippen LogP contribution is 2.46. The third kappa shape index (κ3) is 2.83. The number of thioether (sulfide) groups is 1. The van der Waals surface area contributed by atoms with Crippen molar-refractivity contribution in [1.82, 2.24) is 0 Å². The van der Waals surface area contributed by atoms with Crippen molar-refractivity contribution in [3.63, 3.8) is 0 Å². The van der Waals surface area contributed by atoms with Gasteiger partial charge in [0.1, 0.15) is 0 Å². The van der Waals surface area contributed by atoms with Crippen molar-refractivity contribution < 1.29 is 9.84 Å². The molecule has 1 N–H and O–H groups in total. The van der Waals surface area contributed by atoms with Crippen LogP contribution in [0.2, 0.25) is 0 Å². The Morgan fingerprint density at radius 1 is 1.52 bits per heavy atom. The summed E-state index contributed by atoms with van der Waals surface area (Å²) in [5.41, 5.74) is 0.502. The minimum atomic E-state index is -0.906. The van der Waals surface area contributed by atoms with Crippen LogP contribution in [0.4, 0.5) is 0 Å². The molecule has 0 aliphatic carbocycles. The lowest BCUT2D eigenvalue weighted by Crippen LogP contribution is -2.46. The predicted molar refractivity (Wildman–Crippen MR) is 84.1 cm³/mol. The van der Waals surface area contributed by atoms with Crippen molar-refractivity contribution in [2.45, 2.75) is 37.4 Å². The molecular formula is C17H21NO2S. The number of nitriles is 1. The summed E-state index contributed by atoms with van der Waals surface area (Å²) in [6.07, 6.45) is 2.86. The Labute approximate surface area is 130 Å². The lowest BCUT2D eigenvalue weighted by molar-refractivity contribution is -0.129. The van der Waals surface area contributed by atoms with E-state index in [0.29, 0.717) is 5.56 Å². The zero-order valence-corrected chi connectivity index (χ0v) is 13.2. The van der Waals surface area contributed by atoms with E-state index in [1.165, 1.54) is 0 Å². The topological polar surface area (TPSA) is 53.2 Å². The Morgan fingerprint density at radius 2 is 2.38 bits per heavy atom. The van der Waals surface area contributed by atoms with Crippen LogP contribution in [0.15, 0.2) is 24.3 Å². The van der Waals surface area contributed by atoms with Crippen LogP contribution < -0.4 is 0 Å². The quantitative estimate of drug-likeness (QED) is 0.912. The van der Waals surface area contributed by atoms with Crippen LogP contribution in [-0.2, 0) is 10.3 Å². The average Bonchev–Trinajstić information content (AvgIpc) is 2.95. The van der Waals surface area contributed by atoms with Gasteiger partial charge in [0.25, 0.3) is 0 Å².